The minimum absolute atomic E-state index is 0.114. The second-order valence-electron chi connectivity index (χ2n) is 6.24. The average molecular weight is 307 g/mol. The van der Waals surface area contributed by atoms with E-state index in [1.54, 1.807) is 11.8 Å². The van der Waals surface area contributed by atoms with Gasteiger partial charge in [-0.15, -0.1) is 11.3 Å². The van der Waals surface area contributed by atoms with Crippen LogP contribution in [0.2, 0.25) is 0 Å². The molecule has 2 fully saturated rings. The van der Waals surface area contributed by atoms with Crippen LogP contribution in [0.25, 0.3) is 10.1 Å². The molecule has 1 saturated heterocycles. The highest BCUT2D eigenvalue weighted by Crippen LogP contribution is 2.69. The molecule has 0 N–H and O–H groups in total. The fraction of sp³-hybridized carbons (Fsp3) is 0.438. The van der Waals surface area contributed by atoms with Crippen molar-refractivity contribution in [2.45, 2.75) is 19.3 Å². The third kappa shape index (κ3) is 1.64. The van der Waals surface area contributed by atoms with Crippen molar-refractivity contribution in [2.75, 3.05) is 13.1 Å². The summed E-state index contributed by atoms with van der Waals surface area (Å²) in [7, 11) is 0. The largest absolute Gasteiger partial charge is 0.338 e. The minimum Gasteiger partial charge on any atom is -0.338 e. The number of amides is 1. The number of halogens is 2. The Kier molecular flexibility index (Phi) is 2.53. The first-order chi connectivity index (χ1) is 9.95. The van der Waals surface area contributed by atoms with E-state index >= 15 is 0 Å². The highest BCUT2D eigenvalue weighted by Gasteiger charge is 2.78. The van der Waals surface area contributed by atoms with Crippen molar-refractivity contribution in [2.24, 2.45) is 11.3 Å². The van der Waals surface area contributed by atoms with E-state index in [4.69, 9.17) is 0 Å². The summed E-state index contributed by atoms with van der Waals surface area (Å²) in [4.78, 5) is 14.2. The number of carbonyl (C=O) groups excluding carboxylic acids is 1. The van der Waals surface area contributed by atoms with Crippen molar-refractivity contribution in [1.82, 2.24) is 4.90 Å². The third-order valence-corrected chi connectivity index (χ3v) is 6.15. The molecule has 2 heterocycles. The second kappa shape index (κ2) is 4.03. The van der Waals surface area contributed by atoms with Crippen LogP contribution in [0.15, 0.2) is 29.6 Å². The van der Waals surface area contributed by atoms with E-state index in [1.165, 1.54) is 11.3 Å². The highest BCUT2D eigenvalue weighted by molar-refractivity contribution is 7.17. The van der Waals surface area contributed by atoms with Crippen molar-refractivity contribution in [3.63, 3.8) is 0 Å². The number of hydrogen-bond acceptors (Lipinski definition) is 2. The molecule has 0 bridgehead atoms. The van der Waals surface area contributed by atoms with Crippen molar-refractivity contribution >= 4 is 27.3 Å². The van der Waals surface area contributed by atoms with Crippen LogP contribution in [0.1, 0.15) is 23.7 Å². The first-order valence-corrected chi connectivity index (χ1v) is 7.96. The summed E-state index contributed by atoms with van der Waals surface area (Å²) in [6.45, 7) is 2.23. The van der Waals surface area contributed by atoms with E-state index < -0.39 is 17.3 Å². The Labute approximate surface area is 125 Å². The predicted molar refractivity (Wildman–Crippen MR) is 78.9 cm³/mol. The van der Waals surface area contributed by atoms with Crippen molar-refractivity contribution < 1.29 is 13.6 Å². The molecule has 2 nitrogen and oxygen atoms in total. The number of piperidine rings is 1. The molecule has 4 rings (SSSR count). The Morgan fingerprint density at radius 2 is 2.14 bits per heavy atom. The van der Waals surface area contributed by atoms with E-state index in [1.807, 2.05) is 29.6 Å². The second-order valence-corrected chi connectivity index (χ2v) is 7.15. The molecule has 0 radical (unpaired) electrons. The van der Waals surface area contributed by atoms with Crippen LogP contribution in [0.4, 0.5) is 8.78 Å². The topological polar surface area (TPSA) is 20.3 Å². The van der Waals surface area contributed by atoms with Gasteiger partial charge in [-0.25, -0.2) is 8.78 Å². The molecular formula is C16H15F2NOS. The number of carbonyl (C=O) groups is 1. The van der Waals surface area contributed by atoms with Gasteiger partial charge in [0.05, 0.1) is 11.5 Å². The maximum Gasteiger partial charge on any atom is 0.259 e. The Morgan fingerprint density at radius 3 is 2.90 bits per heavy atom. The van der Waals surface area contributed by atoms with Gasteiger partial charge in [-0.3, -0.25) is 4.79 Å². The van der Waals surface area contributed by atoms with E-state index in [9.17, 15) is 13.6 Å². The Bertz CT molecular complexity index is 741. The molecule has 1 amide bonds. The summed E-state index contributed by atoms with van der Waals surface area (Å²) in [5.41, 5.74) is -0.247. The minimum atomic E-state index is -2.61. The monoisotopic (exact) mass is 307 g/mol. The molecule has 1 aromatic heterocycles. The van der Waals surface area contributed by atoms with Crippen LogP contribution in [-0.4, -0.2) is 29.8 Å². The Morgan fingerprint density at radius 1 is 1.38 bits per heavy atom. The standard InChI is InChI=1S/C16H15F2NOS/c1-15-6-7-19(8-13(15)16(15,17)18)14(20)11-9-21-12-5-3-2-4-10(11)12/h2-5,9,13H,6-8H2,1H3/t13-,15-/m1/s1. The number of nitrogens with zero attached hydrogens (tertiary/aromatic N) is 1. The number of alkyl halides is 2. The van der Waals surface area contributed by atoms with Crippen LogP contribution in [0.5, 0.6) is 0 Å². The molecule has 21 heavy (non-hydrogen) atoms. The van der Waals surface area contributed by atoms with Crippen molar-refractivity contribution in [3.8, 4) is 0 Å². The van der Waals surface area contributed by atoms with Gasteiger partial charge in [-0.1, -0.05) is 25.1 Å². The molecule has 2 aromatic rings. The molecule has 110 valence electrons. The quantitative estimate of drug-likeness (QED) is 0.779. The van der Waals surface area contributed by atoms with Gasteiger partial charge in [0.2, 0.25) is 0 Å². The number of likely N-dealkylation sites (tertiary alicyclic amines) is 1. The molecule has 1 aromatic carbocycles. The van der Waals surface area contributed by atoms with Gasteiger partial charge in [0.25, 0.3) is 11.8 Å². The molecule has 0 spiro atoms. The lowest BCUT2D eigenvalue weighted by Crippen LogP contribution is -2.38. The van der Waals surface area contributed by atoms with Gasteiger partial charge < -0.3 is 4.90 Å². The number of benzene rings is 1. The van der Waals surface area contributed by atoms with Gasteiger partial charge in [0, 0.05) is 34.0 Å². The third-order valence-electron chi connectivity index (χ3n) is 5.19. The first-order valence-electron chi connectivity index (χ1n) is 7.08. The summed E-state index contributed by atoms with van der Waals surface area (Å²) in [6.07, 6.45) is 0.387. The van der Waals surface area contributed by atoms with Gasteiger partial charge in [-0.05, 0) is 12.5 Å². The summed E-state index contributed by atoms with van der Waals surface area (Å²) in [5.74, 6) is -3.40. The smallest absolute Gasteiger partial charge is 0.259 e. The molecule has 5 heteroatoms. The van der Waals surface area contributed by atoms with Crippen molar-refractivity contribution in [1.29, 1.82) is 0 Å². The van der Waals surface area contributed by atoms with Crippen LogP contribution in [0.3, 0.4) is 0 Å². The molecular weight excluding hydrogens is 292 g/mol. The number of thiophene rings is 1. The van der Waals surface area contributed by atoms with Crippen LogP contribution in [-0.2, 0) is 0 Å². The molecule has 1 saturated carbocycles. The molecule has 2 aliphatic rings. The van der Waals surface area contributed by atoms with E-state index in [-0.39, 0.29) is 12.5 Å². The number of fused-ring (bicyclic) bond motifs is 2. The zero-order chi connectivity index (χ0) is 14.8. The lowest BCUT2D eigenvalue weighted by molar-refractivity contribution is 0.0635. The normalized spacial score (nSPS) is 30.2. The van der Waals surface area contributed by atoms with Gasteiger partial charge in [0.1, 0.15) is 0 Å². The lowest BCUT2D eigenvalue weighted by Gasteiger charge is -2.28. The lowest BCUT2D eigenvalue weighted by atomic mass is 9.97. The van der Waals surface area contributed by atoms with Crippen LogP contribution >= 0.6 is 11.3 Å². The van der Waals surface area contributed by atoms with E-state index in [0.717, 1.165) is 10.1 Å². The summed E-state index contributed by atoms with van der Waals surface area (Å²) in [5, 5.41) is 2.76. The van der Waals surface area contributed by atoms with Gasteiger partial charge in [0.15, 0.2) is 0 Å². The van der Waals surface area contributed by atoms with E-state index in [0.29, 0.717) is 18.5 Å². The average Bonchev–Trinajstić information content (AvgIpc) is 2.79. The maximum absolute atomic E-state index is 13.8. The summed E-state index contributed by atoms with van der Waals surface area (Å²) < 4.78 is 28.6. The highest BCUT2D eigenvalue weighted by atomic mass is 32.1. The Hall–Kier alpha value is -1.49. The maximum atomic E-state index is 13.8. The molecule has 1 aliphatic heterocycles. The van der Waals surface area contributed by atoms with E-state index in [2.05, 4.69) is 0 Å². The van der Waals surface area contributed by atoms with Crippen LogP contribution < -0.4 is 0 Å². The molecule has 2 atom stereocenters. The fourth-order valence-electron chi connectivity index (χ4n) is 3.51. The van der Waals surface area contributed by atoms with Crippen molar-refractivity contribution in [3.05, 3.63) is 35.2 Å². The van der Waals surface area contributed by atoms with Gasteiger partial charge >= 0.3 is 0 Å². The summed E-state index contributed by atoms with van der Waals surface area (Å²) >= 11 is 1.52. The molecule has 1 aliphatic carbocycles. The van der Waals surface area contributed by atoms with Crippen LogP contribution in [0, 0.1) is 11.3 Å². The predicted octanol–water partition coefficient (Wildman–Crippen LogP) is 4.02. The number of hydrogen-bond donors (Lipinski definition) is 0. The zero-order valence-corrected chi connectivity index (χ0v) is 12.4. The fourth-order valence-corrected chi connectivity index (χ4v) is 4.44. The zero-order valence-electron chi connectivity index (χ0n) is 11.6. The number of rotatable bonds is 1. The van der Waals surface area contributed by atoms with Gasteiger partial charge in [-0.2, -0.15) is 0 Å². The summed E-state index contributed by atoms with van der Waals surface area (Å²) in [6, 6.07) is 7.72. The Balaban J connectivity index is 1.62. The molecule has 0 unspecified atom stereocenters. The SMILES string of the molecule is C[C@@]12CCN(C(=O)c3csc4ccccc34)C[C@H]1C2(F)F. The first kappa shape index (κ1) is 13.2.